The van der Waals surface area contributed by atoms with Gasteiger partial charge in [-0.1, -0.05) is 6.42 Å². The van der Waals surface area contributed by atoms with E-state index in [9.17, 15) is 14.0 Å². The topological polar surface area (TPSA) is 49.4 Å². The Hall–Kier alpha value is -1.91. The molecule has 0 atom stereocenters. The van der Waals surface area contributed by atoms with Gasteiger partial charge in [0, 0.05) is 13.1 Å². The van der Waals surface area contributed by atoms with Crippen molar-refractivity contribution >= 4 is 23.1 Å². The first-order chi connectivity index (χ1) is 9.60. The molecule has 1 saturated carbocycles. The van der Waals surface area contributed by atoms with E-state index in [1.54, 1.807) is 6.07 Å². The summed E-state index contributed by atoms with van der Waals surface area (Å²) in [4.78, 5) is 24.9. The van der Waals surface area contributed by atoms with Crippen LogP contribution in [0.15, 0.2) is 12.1 Å². The lowest BCUT2D eigenvalue weighted by molar-refractivity contribution is -0.112. The monoisotopic (exact) mass is 276 g/mol. The molecule has 1 aliphatic heterocycles. The Kier molecular flexibility index (Phi) is 3.20. The van der Waals surface area contributed by atoms with E-state index in [0.29, 0.717) is 23.8 Å². The molecule has 1 fully saturated rings. The predicted octanol–water partition coefficient (Wildman–Crippen LogP) is 2.59. The van der Waals surface area contributed by atoms with Crippen molar-refractivity contribution in [3.05, 3.63) is 23.5 Å². The Labute approximate surface area is 117 Å². The van der Waals surface area contributed by atoms with E-state index >= 15 is 0 Å². The van der Waals surface area contributed by atoms with Crippen molar-refractivity contribution in [2.45, 2.75) is 26.2 Å². The SMILES string of the molecule is CCN(CC1CCC1)c1cc2c(cc1F)C(=O)C(=O)N2. The van der Waals surface area contributed by atoms with Crippen LogP contribution < -0.4 is 10.2 Å². The quantitative estimate of drug-likeness (QED) is 0.860. The van der Waals surface area contributed by atoms with Gasteiger partial charge >= 0.3 is 0 Å². The Bertz CT molecular complexity index is 581. The molecule has 0 aromatic heterocycles. The molecule has 1 aromatic rings. The molecule has 2 aliphatic rings. The van der Waals surface area contributed by atoms with Gasteiger partial charge in [0.2, 0.25) is 0 Å². The van der Waals surface area contributed by atoms with E-state index in [-0.39, 0.29) is 5.56 Å². The predicted molar refractivity (Wildman–Crippen MR) is 74.6 cm³/mol. The molecular weight excluding hydrogens is 259 g/mol. The summed E-state index contributed by atoms with van der Waals surface area (Å²) in [5.41, 5.74) is 1.02. The Morgan fingerprint density at radius 3 is 2.70 bits per heavy atom. The third kappa shape index (κ3) is 2.07. The third-order valence-corrected chi connectivity index (χ3v) is 4.21. The number of halogens is 1. The lowest BCUT2D eigenvalue weighted by Gasteiger charge is -2.33. The second-order valence-corrected chi connectivity index (χ2v) is 5.47. The smallest absolute Gasteiger partial charge is 0.296 e. The lowest BCUT2D eigenvalue weighted by Crippen LogP contribution is -2.33. The molecule has 0 radical (unpaired) electrons. The molecule has 4 nitrogen and oxygen atoms in total. The molecule has 0 unspecified atom stereocenters. The molecular formula is C15H17FN2O2. The van der Waals surface area contributed by atoms with Gasteiger partial charge in [0.1, 0.15) is 5.82 Å². The molecule has 1 amide bonds. The minimum Gasteiger partial charge on any atom is -0.369 e. The highest BCUT2D eigenvalue weighted by atomic mass is 19.1. The lowest BCUT2D eigenvalue weighted by atomic mass is 9.85. The summed E-state index contributed by atoms with van der Waals surface area (Å²) < 4.78 is 14.2. The Balaban J connectivity index is 1.91. The first-order valence-electron chi connectivity index (χ1n) is 7.04. The van der Waals surface area contributed by atoms with Crippen LogP contribution in [0.3, 0.4) is 0 Å². The molecule has 0 saturated heterocycles. The summed E-state index contributed by atoms with van der Waals surface area (Å²) in [5, 5.41) is 2.49. The van der Waals surface area contributed by atoms with Crippen LogP contribution in [-0.4, -0.2) is 24.8 Å². The van der Waals surface area contributed by atoms with Gasteiger partial charge in [-0.2, -0.15) is 0 Å². The van der Waals surface area contributed by atoms with E-state index in [0.717, 1.165) is 6.54 Å². The van der Waals surface area contributed by atoms with Gasteiger partial charge in [0.25, 0.3) is 11.7 Å². The summed E-state index contributed by atoms with van der Waals surface area (Å²) in [6.07, 6.45) is 3.63. The molecule has 1 aromatic carbocycles. The minimum atomic E-state index is -0.682. The van der Waals surface area contributed by atoms with Crippen LogP contribution in [0.5, 0.6) is 0 Å². The molecule has 1 heterocycles. The summed E-state index contributed by atoms with van der Waals surface area (Å²) in [5.74, 6) is -1.15. The van der Waals surface area contributed by atoms with Crippen LogP contribution in [0, 0.1) is 11.7 Å². The second kappa shape index (κ2) is 4.89. The van der Waals surface area contributed by atoms with E-state index in [4.69, 9.17) is 0 Å². The van der Waals surface area contributed by atoms with Crippen molar-refractivity contribution in [2.75, 3.05) is 23.3 Å². The molecule has 5 heteroatoms. The number of rotatable bonds is 4. The standard InChI is InChI=1S/C15H17FN2O2/c1-2-18(8-9-4-3-5-9)13-7-12-10(6-11(13)16)14(19)15(20)17-12/h6-7,9H,2-5,8H2,1H3,(H,17,19,20). The number of carbonyl (C=O) groups is 2. The Morgan fingerprint density at radius 1 is 1.35 bits per heavy atom. The van der Waals surface area contributed by atoms with Crippen LogP contribution >= 0.6 is 0 Å². The number of amides is 1. The molecule has 3 rings (SSSR count). The molecule has 0 bridgehead atoms. The van der Waals surface area contributed by atoms with Crippen LogP contribution in [0.1, 0.15) is 36.5 Å². The molecule has 106 valence electrons. The number of benzene rings is 1. The molecule has 1 aliphatic carbocycles. The summed E-state index contributed by atoms with van der Waals surface area (Å²) in [6, 6.07) is 2.75. The van der Waals surface area contributed by atoms with Crippen molar-refractivity contribution in [3.63, 3.8) is 0 Å². The molecule has 1 N–H and O–H groups in total. The minimum absolute atomic E-state index is 0.135. The zero-order chi connectivity index (χ0) is 14.3. The van der Waals surface area contributed by atoms with E-state index in [1.807, 2.05) is 11.8 Å². The molecule has 0 spiro atoms. The van der Waals surface area contributed by atoms with Crippen molar-refractivity contribution in [3.8, 4) is 0 Å². The summed E-state index contributed by atoms with van der Waals surface area (Å²) >= 11 is 0. The number of hydrogen-bond donors (Lipinski definition) is 1. The maximum atomic E-state index is 14.2. The van der Waals surface area contributed by atoms with E-state index in [1.165, 1.54) is 25.3 Å². The highest BCUT2D eigenvalue weighted by molar-refractivity contribution is 6.51. The molecule has 20 heavy (non-hydrogen) atoms. The first kappa shape index (κ1) is 13.1. The number of anilines is 2. The largest absolute Gasteiger partial charge is 0.369 e. The average Bonchev–Trinajstić information content (AvgIpc) is 2.64. The van der Waals surface area contributed by atoms with Crippen LogP contribution in [-0.2, 0) is 4.79 Å². The maximum Gasteiger partial charge on any atom is 0.296 e. The van der Waals surface area contributed by atoms with Gasteiger partial charge in [-0.25, -0.2) is 4.39 Å². The number of nitrogens with one attached hydrogen (secondary N) is 1. The summed E-state index contributed by atoms with van der Waals surface area (Å²) in [6.45, 7) is 3.51. The fourth-order valence-corrected chi connectivity index (χ4v) is 2.78. The van der Waals surface area contributed by atoms with Crippen molar-refractivity contribution in [2.24, 2.45) is 5.92 Å². The highest BCUT2D eigenvalue weighted by Crippen LogP contribution is 2.34. The van der Waals surface area contributed by atoms with Gasteiger partial charge in [0.15, 0.2) is 0 Å². The fourth-order valence-electron chi connectivity index (χ4n) is 2.78. The first-order valence-corrected chi connectivity index (χ1v) is 7.04. The second-order valence-electron chi connectivity index (χ2n) is 5.47. The number of ketones is 1. The number of fused-ring (bicyclic) bond motifs is 1. The van der Waals surface area contributed by atoms with Crippen molar-refractivity contribution in [1.82, 2.24) is 0 Å². The maximum absolute atomic E-state index is 14.2. The van der Waals surface area contributed by atoms with E-state index in [2.05, 4.69) is 5.32 Å². The Morgan fingerprint density at radius 2 is 2.10 bits per heavy atom. The van der Waals surface area contributed by atoms with Crippen LogP contribution in [0.4, 0.5) is 15.8 Å². The number of hydrogen-bond acceptors (Lipinski definition) is 3. The van der Waals surface area contributed by atoms with Gasteiger partial charge in [-0.15, -0.1) is 0 Å². The van der Waals surface area contributed by atoms with Crippen LogP contribution in [0.25, 0.3) is 0 Å². The van der Waals surface area contributed by atoms with Gasteiger partial charge in [-0.3, -0.25) is 9.59 Å². The van der Waals surface area contributed by atoms with Crippen LogP contribution in [0.2, 0.25) is 0 Å². The number of Topliss-reactive ketones (excluding diaryl/α,β-unsaturated/α-hetero) is 1. The van der Waals surface area contributed by atoms with E-state index < -0.39 is 17.5 Å². The van der Waals surface area contributed by atoms with Gasteiger partial charge < -0.3 is 10.2 Å². The summed E-state index contributed by atoms with van der Waals surface area (Å²) in [7, 11) is 0. The van der Waals surface area contributed by atoms with Crippen molar-refractivity contribution < 1.29 is 14.0 Å². The normalized spacial score (nSPS) is 17.7. The zero-order valence-corrected chi connectivity index (χ0v) is 11.4. The highest BCUT2D eigenvalue weighted by Gasteiger charge is 2.30. The van der Waals surface area contributed by atoms with Gasteiger partial charge in [-0.05, 0) is 37.8 Å². The number of carbonyl (C=O) groups excluding carboxylic acids is 2. The third-order valence-electron chi connectivity index (χ3n) is 4.21. The average molecular weight is 276 g/mol. The zero-order valence-electron chi connectivity index (χ0n) is 11.4. The van der Waals surface area contributed by atoms with Crippen molar-refractivity contribution in [1.29, 1.82) is 0 Å². The fraction of sp³-hybridized carbons (Fsp3) is 0.467. The number of nitrogens with zero attached hydrogens (tertiary/aromatic N) is 1. The van der Waals surface area contributed by atoms with Gasteiger partial charge in [0.05, 0.1) is 16.9 Å².